The van der Waals surface area contributed by atoms with Crippen LogP contribution in [0.15, 0.2) is 18.2 Å². The third kappa shape index (κ3) is 3.98. The molecule has 0 radical (unpaired) electrons. The predicted octanol–water partition coefficient (Wildman–Crippen LogP) is 2.23. The maximum absolute atomic E-state index is 12.1. The summed E-state index contributed by atoms with van der Waals surface area (Å²) >= 11 is 0. The van der Waals surface area contributed by atoms with Gasteiger partial charge in [0, 0.05) is 6.42 Å². The van der Waals surface area contributed by atoms with E-state index in [0.29, 0.717) is 23.7 Å². The fraction of sp³-hybridized carbons (Fsp3) is 0.429. The van der Waals surface area contributed by atoms with Crippen LogP contribution in [0.3, 0.4) is 0 Å². The lowest BCUT2D eigenvalue weighted by atomic mass is 10.0. The van der Waals surface area contributed by atoms with Gasteiger partial charge < -0.3 is 14.2 Å². The average Bonchev–Trinajstić information content (AvgIpc) is 2.44. The highest BCUT2D eigenvalue weighted by Crippen LogP contribution is 2.31. The molecule has 0 aliphatic rings. The smallest absolute Gasteiger partial charge is 0.306 e. The normalized spacial score (nSPS) is 9.84. The number of hydrogen-bond acceptors (Lipinski definition) is 5. The molecule has 1 aromatic carbocycles. The molecule has 1 rings (SSSR count). The number of methoxy groups -OCH3 is 2. The summed E-state index contributed by atoms with van der Waals surface area (Å²) in [6, 6.07) is 5.06. The second-order valence-electron chi connectivity index (χ2n) is 3.77. The summed E-state index contributed by atoms with van der Waals surface area (Å²) in [6.07, 6.45) is 0.148. The molecule has 0 aliphatic carbocycles. The van der Waals surface area contributed by atoms with Crippen LogP contribution in [0.4, 0.5) is 0 Å². The number of carbonyl (C=O) groups excluding carboxylic acids is 2. The van der Waals surface area contributed by atoms with E-state index in [0.717, 1.165) is 0 Å². The van der Waals surface area contributed by atoms with Crippen LogP contribution in [0.5, 0.6) is 11.5 Å². The average molecular weight is 266 g/mol. The molecule has 0 heterocycles. The Morgan fingerprint density at radius 2 is 1.84 bits per heavy atom. The lowest BCUT2D eigenvalue weighted by Gasteiger charge is -2.11. The number of rotatable bonds is 7. The zero-order valence-corrected chi connectivity index (χ0v) is 11.4. The van der Waals surface area contributed by atoms with Gasteiger partial charge in [0.05, 0.1) is 32.8 Å². The van der Waals surface area contributed by atoms with Crippen LogP contribution in [-0.2, 0) is 9.53 Å². The van der Waals surface area contributed by atoms with Crippen molar-refractivity contribution in [2.24, 2.45) is 0 Å². The van der Waals surface area contributed by atoms with Crippen LogP contribution in [0.1, 0.15) is 30.1 Å². The zero-order chi connectivity index (χ0) is 14.3. The van der Waals surface area contributed by atoms with Crippen molar-refractivity contribution >= 4 is 11.8 Å². The van der Waals surface area contributed by atoms with Gasteiger partial charge in [-0.1, -0.05) is 6.07 Å². The first-order chi connectivity index (χ1) is 9.13. The molecule has 0 saturated heterocycles. The quantitative estimate of drug-likeness (QED) is 0.559. The fourth-order valence-corrected chi connectivity index (χ4v) is 1.69. The molecule has 1 aromatic rings. The molecular formula is C14H18O5. The van der Waals surface area contributed by atoms with E-state index < -0.39 is 0 Å². The number of hydrogen-bond donors (Lipinski definition) is 0. The Morgan fingerprint density at radius 3 is 2.42 bits per heavy atom. The minimum absolute atomic E-state index is 0.0625. The lowest BCUT2D eigenvalue weighted by Crippen LogP contribution is -2.09. The van der Waals surface area contributed by atoms with Gasteiger partial charge in [0.25, 0.3) is 0 Å². The number of carbonyl (C=O) groups is 2. The van der Waals surface area contributed by atoms with Gasteiger partial charge in [0.2, 0.25) is 0 Å². The first kappa shape index (κ1) is 15.0. The fourth-order valence-electron chi connectivity index (χ4n) is 1.69. The van der Waals surface area contributed by atoms with Gasteiger partial charge in [-0.15, -0.1) is 0 Å². The summed E-state index contributed by atoms with van der Waals surface area (Å²) in [6.45, 7) is 2.04. The summed E-state index contributed by atoms with van der Waals surface area (Å²) in [7, 11) is 2.98. The van der Waals surface area contributed by atoms with E-state index >= 15 is 0 Å². The van der Waals surface area contributed by atoms with Crippen LogP contribution < -0.4 is 9.47 Å². The Morgan fingerprint density at radius 1 is 1.11 bits per heavy atom. The molecule has 0 atom stereocenters. The highest BCUT2D eigenvalue weighted by molar-refractivity contribution is 6.00. The molecule has 0 N–H and O–H groups in total. The van der Waals surface area contributed by atoms with Crippen molar-refractivity contribution in [1.82, 2.24) is 0 Å². The molecule has 0 saturated carbocycles. The van der Waals surface area contributed by atoms with Gasteiger partial charge in [-0.05, 0) is 19.1 Å². The standard InChI is InChI=1S/C14H18O5/c1-4-19-13(16)9-8-11(15)10-6-5-7-12(17-2)14(10)18-3/h5-7H,4,8-9H2,1-3H3. The largest absolute Gasteiger partial charge is 0.493 e. The molecule has 5 heteroatoms. The number of Topliss-reactive ketones (excluding diaryl/α,β-unsaturated/α-hetero) is 1. The summed E-state index contributed by atoms with van der Waals surface area (Å²) < 4.78 is 15.1. The van der Waals surface area contributed by atoms with Crippen molar-refractivity contribution < 1.29 is 23.8 Å². The number of benzene rings is 1. The number of ether oxygens (including phenoxy) is 3. The third-order valence-electron chi connectivity index (χ3n) is 2.56. The van der Waals surface area contributed by atoms with Gasteiger partial charge in [0.15, 0.2) is 17.3 Å². The van der Waals surface area contributed by atoms with Crippen molar-refractivity contribution in [1.29, 1.82) is 0 Å². The van der Waals surface area contributed by atoms with E-state index in [1.165, 1.54) is 14.2 Å². The Kier molecular flexibility index (Phi) is 5.85. The van der Waals surface area contributed by atoms with Crippen molar-refractivity contribution in [2.45, 2.75) is 19.8 Å². The van der Waals surface area contributed by atoms with Crippen LogP contribution in [0.2, 0.25) is 0 Å². The lowest BCUT2D eigenvalue weighted by molar-refractivity contribution is -0.143. The van der Waals surface area contributed by atoms with E-state index in [2.05, 4.69) is 0 Å². The van der Waals surface area contributed by atoms with Crippen molar-refractivity contribution in [3.05, 3.63) is 23.8 Å². The highest BCUT2D eigenvalue weighted by Gasteiger charge is 2.17. The SMILES string of the molecule is CCOC(=O)CCC(=O)c1cccc(OC)c1OC. The minimum Gasteiger partial charge on any atom is -0.493 e. The molecular weight excluding hydrogens is 248 g/mol. The summed E-state index contributed by atoms with van der Waals surface area (Å²) in [4.78, 5) is 23.3. The number of esters is 1. The van der Waals surface area contributed by atoms with Gasteiger partial charge in [-0.2, -0.15) is 0 Å². The van der Waals surface area contributed by atoms with Crippen LogP contribution >= 0.6 is 0 Å². The zero-order valence-electron chi connectivity index (χ0n) is 11.4. The van der Waals surface area contributed by atoms with Crippen molar-refractivity contribution in [3.63, 3.8) is 0 Å². The van der Waals surface area contributed by atoms with Crippen LogP contribution in [-0.4, -0.2) is 32.6 Å². The van der Waals surface area contributed by atoms with Gasteiger partial charge in [-0.3, -0.25) is 9.59 Å². The van der Waals surface area contributed by atoms with E-state index in [1.54, 1.807) is 25.1 Å². The van der Waals surface area contributed by atoms with Gasteiger partial charge in [-0.25, -0.2) is 0 Å². The van der Waals surface area contributed by atoms with Gasteiger partial charge in [0.1, 0.15) is 0 Å². The minimum atomic E-state index is -0.377. The Labute approximate surface area is 112 Å². The van der Waals surface area contributed by atoms with E-state index in [1.807, 2.05) is 0 Å². The molecule has 0 unspecified atom stereocenters. The van der Waals surface area contributed by atoms with Gasteiger partial charge >= 0.3 is 5.97 Å². The molecule has 0 bridgehead atoms. The number of ketones is 1. The first-order valence-corrected chi connectivity index (χ1v) is 6.03. The molecule has 104 valence electrons. The van der Waals surface area contributed by atoms with Crippen molar-refractivity contribution in [3.8, 4) is 11.5 Å². The molecule has 0 amide bonds. The van der Waals surface area contributed by atoms with Crippen LogP contribution in [0, 0.1) is 0 Å². The molecule has 0 spiro atoms. The maximum Gasteiger partial charge on any atom is 0.306 e. The molecule has 0 fully saturated rings. The second-order valence-corrected chi connectivity index (χ2v) is 3.77. The van der Waals surface area contributed by atoms with E-state index in [4.69, 9.17) is 14.2 Å². The summed E-state index contributed by atoms with van der Waals surface area (Å²) in [5, 5.41) is 0. The Balaban J connectivity index is 2.79. The Hall–Kier alpha value is -2.04. The summed E-state index contributed by atoms with van der Waals surface area (Å²) in [5.74, 6) is 0.324. The topological polar surface area (TPSA) is 61.8 Å². The molecule has 5 nitrogen and oxygen atoms in total. The number of para-hydroxylation sites is 1. The third-order valence-corrected chi connectivity index (χ3v) is 2.56. The van der Waals surface area contributed by atoms with E-state index in [-0.39, 0.29) is 24.6 Å². The Bertz CT molecular complexity index is 453. The van der Waals surface area contributed by atoms with Crippen molar-refractivity contribution in [2.75, 3.05) is 20.8 Å². The van der Waals surface area contributed by atoms with Crippen LogP contribution in [0.25, 0.3) is 0 Å². The first-order valence-electron chi connectivity index (χ1n) is 6.03. The molecule has 0 aliphatic heterocycles. The monoisotopic (exact) mass is 266 g/mol. The molecule has 0 aromatic heterocycles. The summed E-state index contributed by atoms with van der Waals surface area (Å²) in [5.41, 5.74) is 0.408. The highest BCUT2D eigenvalue weighted by atomic mass is 16.5. The maximum atomic E-state index is 12.1. The molecule has 19 heavy (non-hydrogen) atoms. The van der Waals surface area contributed by atoms with E-state index in [9.17, 15) is 9.59 Å². The second kappa shape index (κ2) is 7.41. The predicted molar refractivity (Wildman–Crippen MR) is 69.7 cm³/mol.